The van der Waals surface area contributed by atoms with Crippen molar-refractivity contribution in [2.45, 2.75) is 32.2 Å². The number of benzene rings is 1. The lowest BCUT2D eigenvalue weighted by Gasteiger charge is -2.31. The van der Waals surface area contributed by atoms with Crippen molar-refractivity contribution < 1.29 is 4.52 Å². The number of nitrogens with zero attached hydrogens (tertiary/aromatic N) is 3. The molecule has 0 bridgehead atoms. The third kappa shape index (κ3) is 3.01. The van der Waals surface area contributed by atoms with Gasteiger partial charge in [-0.15, -0.1) is 0 Å². The fourth-order valence-corrected chi connectivity index (χ4v) is 2.79. The van der Waals surface area contributed by atoms with Gasteiger partial charge in [-0.25, -0.2) is 0 Å². The minimum Gasteiger partial charge on any atom is -0.338 e. The van der Waals surface area contributed by atoms with Gasteiger partial charge in [-0.1, -0.05) is 35.5 Å². The molecule has 0 spiro atoms. The Morgan fingerprint density at radius 1 is 1.32 bits per heavy atom. The predicted molar refractivity (Wildman–Crippen MR) is 72.7 cm³/mol. The molecule has 0 unspecified atom stereocenters. The first kappa shape index (κ1) is 12.4. The number of rotatable bonds is 3. The van der Waals surface area contributed by atoms with E-state index < -0.39 is 0 Å². The van der Waals surface area contributed by atoms with Crippen molar-refractivity contribution in [2.75, 3.05) is 13.1 Å². The van der Waals surface area contributed by atoms with Gasteiger partial charge in [0.2, 0.25) is 5.89 Å². The standard InChI is InChI=1S/C15H19N3O/c1-12-16-15(19-17-12)11-18-9-5-8-14(10-18)13-6-3-2-4-7-13/h2-4,6-7,14H,5,8-11H2,1H3/t14-/m0/s1. The van der Waals surface area contributed by atoms with Crippen LogP contribution >= 0.6 is 0 Å². The lowest BCUT2D eigenvalue weighted by molar-refractivity contribution is 0.177. The normalized spacial score (nSPS) is 20.6. The average Bonchev–Trinajstić information content (AvgIpc) is 2.85. The first-order valence-electron chi connectivity index (χ1n) is 6.88. The van der Waals surface area contributed by atoms with E-state index in [4.69, 9.17) is 4.52 Å². The summed E-state index contributed by atoms with van der Waals surface area (Å²) in [6, 6.07) is 10.8. The maximum Gasteiger partial charge on any atom is 0.240 e. The van der Waals surface area contributed by atoms with Gasteiger partial charge in [0.15, 0.2) is 5.82 Å². The zero-order valence-electron chi connectivity index (χ0n) is 11.2. The molecule has 0 saturated carbocycles. The van der Waals surface area contributed by atoms with Gasteiger partial charge < -0.3 is 4.52 Å². The zero-order valence-corrected chi connectivity index (χ0v) is 11.2. The maximum absolute atomic E-state index is 5.21. The van der Waals surface area contributed by atoms with Crippen molar-refractivity contribution in [3.8, 4) is 0 Å². The summed E-state index contributed by atoms with van der Waals surface area (Å²) in [4.78, 5) is 6.69. The summed E-state index contributed by atoms with van der Waals surface area (Å²) < 4.78 is 5.21. The van der Waals surface area contributed by atoms with Crippen LogP contribution in [-0.4, -0.2) is 28.1 Å². The van der Waals surface area contributed by atoms with Gasteiger partial charge in [0.25, 0.3) is 0 Å². The van der Waals surface area contributed by atoms with Crippen LogP contribution in [0.2, 0.25) is 0 Å². The number of piperidine rings is 1. The van der Waals surface area contributed by atoms with Crippen molar-refractivity contribution in [2.24, 2.45) is 0 Å². The Balaban J connectivity index is 1.65. The summed E-state index contributed by atoms with van der Waals surface area (Å²) in [5.74, 6) is 2.07. The molecule has 1 saturated heterocycles. The van der Waals surface area contributed by atoms with Crippen LogP contribution in [0.15, 0.2) is 34.9 Å². The molecule has 0 amide bonds. The molecule has 3 rings (SSSR count). The Morgan fingerprint density at radius 3 is 2.89 bits per heavy atom. The highest BCUT2D eigenvalue weighted by Gasteiger charge is 2.22. The second-order valence-electron chi connectivity index (χ2n) is 5.22. The molecule has 0 radical (unpaired) electrons. The van der Waals surface area contributed by atoms with E-state index >= 15 is 0 Å². The molecule has 1 atom stereocenters. The highest BCUT2D eigenvalue weighted by atomic mass is 16.5. The molecule has 0 aliphatic carbocycles. The molecule has 100 valence electrons. The summed E-state index contributed by atoms with van der Waals surface area (Å²) in [7, 11) is 0. The summed E-state index contributed by atoms with van der Waals surface area (Å²) in [5, 5.41) is 3.85. The Kier molecular flexibility index (Phi) is 3.60. The van der Waals surface area contributed by atoms with E-state index in [0.717, 1.165) is 25.5 Å². The molecule has 4 heteroatoms. The number of hydrogen-bond acceptors (Lipinski definition) is 4. The van der Waals surface area contributed by atoms with E-state index in [1.54, 1.807) is 0 Å². The van der Waals surface area contributed by atoms with E-state index in [1.165, 1.54) is 18.4 Å². The summed E-state index contributed by atoms with van der Waals surface area (Å²) in [6.07, 6.45) is 2.50. The van der Waals surface area contributed by atoms with Crippen LogP contribution in [0.1, 0.15) is 36.0 Å². The first-order chi connectivity index (χ1) is 9.31. The lowest BCUT2D eigenvalue weighted by Crippen LogP contribution is -2.33. The molecule has 2 aromatic rings. The van der Waals surface area contributed by atoms with Crippen LogP contribution in [0, 0.1) is 6.92 Å². The largest absolute Gasteiger partial charge is 0.338 e. The quantitative estimate of drug-likeness (QED) is 0.848. The van der Waals surface area contributed by atoms with Crippen LogP contribution in [0.25, 0.3) is 0 Å². The van der Waals surface area contributed by atoms with E-state index in [2.05, 4.69) is 45.4 Å². The third-order valence-electron chi connectivity index (χ3n) is 3.70. The molecular formula is C15H19N3O. The topological polar surface area (TPSA) is 42.2 Å². The Hall–Kier alpha value is -1.68. The lowest BCUT2D eigenvalue weighted by atomic mass is 9.91. The molecule has 0 N–H and O–H groups in total. The van der Waals surface area contributed by atoms with Gasteiger partial charge in [-0.2, -0.15) is 4.98 Å². The number of aryl methyl sites for hydroxylation is 1. The van der Waals surface area contributed by atoms with E-state index in [1.807, 2.05) is 6.92 Å². The van der Waals surface area contributed by atoms with Crippen LogP contribution in [0.4, 0.5) is 0 Å². The second kappa shape index (κ2) is 5.53. The van der Waals surface area contributed by atoms with Gasteiger partial charge in [-0.3, -0.25) is 4.90 Å². The minimum atomic E-state index is 0.624. The Bertz CT molecular complexity index is 523. The van der Waals surface area contributed by atoms with Crippen LogP contribution in [-0.2, 0) is 6.54 Å². The number of aromatic nitrogens is 2. The van der Waals surface area contributed by atoms with Crippen molar-refractivity contribution in [3.63, 3.8) is 0 Å². The predicted octanol–water partition coefficient (Wildman–Crippen LogP) is 2.76. The smallest absolute Gasteiger partial charge is 0.240 e. The molecular weight excluding hydrogens is 238 g/mol. The SMILES string of the molecule is Cc1noc(CN2CCC[C@H](c3ccccc3)C2)n1. The van der Waals surface area contributed by atoms with Gasteiger partial charge in [0, 0.05) is 6.54 Å². The molecule has 19 heavy (non-hydrogen) atoms. The second-order valence-corrected chi connectivity index (χ2v) is 5.22. The maximum atomic E-state index is 5.21. The molecule has 4 nitrogen and oxygen atoms in total. The third-order valence-corrected chi connectivity index (χ3v) is 3.70. The van der Waals surface area contributed by atoms with E-state index in [9.17, 15) is 0 Å². The minimum absolute atomic E-state index is 0.624. The first-order valence-corrected chi connectivity index (χ1v) is 6.88. The van der Waals surface area contributed by atoms with Gasteiger partial charge in [0.1, 0.15) is 0 Å². The summed E-state index contributed by atoms with van der Waals surface area (Å²) in [6.45, 7) is 4.82. The van der Waals surface area contributed by atoms with Gasteiger partial charge >= 0.3 is 0 Å². The Labute approximate surface area is 113 Å². The molecule has 1 fully saturated rings. The fraction of sp³-hybridized carbons (Fsp3) is 0.467. The van der Waals surface area contributed by atoms with Crippen molar-refractivity contribution in [1.29, 1.82) is 0 Å². The van der Waals surface area contributed by atoms with E-state index in [0.29, 0.717) is 11.7 Å². The highest BCUT2D eigenvalue weighted by Crippen LogP contribution is 2.27. The van der Waals surface area contributed by atoms with Crippen LogP contribution in [0.5, 0.6) is 0 Å². The number of likely N-dealkylation sites (tertiary alicyclic amines) is 1. The fourth-order valence-electron chi connectivity index (χ4n) is 2.79. The van der Waals surface area contributed by atoms with Gasteiger partial charge in [0.05, 0.1) is 6.54 Å². The summed E-state index contributed by atoms with van der Waals surface area (Å²) >= 11 is 0. The van der Waals surface area contributed by atoms with Crippen molar-refractivity contribution >= 4 is 0 Å². The highest BCUT2D eigenvalue weighted by molar-refractivity contribution is 5.20. The van der Waals surface area contributed by atoms with Crippen molar-refractivity contribution in [1.82, 2.24) is 15.0 Å². The average molecular weight is 257 g/mol. The number of hydrogen-bond donors (Lipinski definition) is 0. The van der Waals surface area contributed by atoms with Gasteiger partial charge in [-0.05, 0) is 37.8 Å². The molecule has 1 aromatic carbocycles. The summed E-state index contributed by atoms with van der Waals surface area (Å²) in [5.41, 5.74) is 1.44. The molecule has 1 aliphatic rings. The zero-order chi connectivity index (χ0) is 13.1. The van der Waals surface area contributed by atoms with Crippen molar-refractivity contribution in [3.05, 3.63) is 47.6 Å². The van der Waals surface area contributed by atoms with Crippen LogP contribution in [0.3, 0.4) is 0 Å². The van der Waals surface area contributed by atoms with E-state index in [-0.39, 0.29) is 0 Å². The monoisotopic (exact) mass is 257 g/mol. The molecule has 1 aromatic heterocycles. The molecule has 1 aliphatic heterocycles. The Morgan fingerprint density at radius 2 is 2.16 bits per heavy atom. The molecule has 2 heterocycles. The van der Waals surface area contributed by atoms with Crippen LogP contribution < -0.4 is 0 Å².